The van der Waals surface area contributed by atoms with Crippen molar-refractivity contribution in [3.05, 3.63) is 34.4 Å². The SMILES string of the molecule is CCCNC1CCCCc2c(F)cc(C)c(F)c21. The summed E-state index contributed by atoms with van der Waals surface area (Å²) in [5.74, 6) is -0.462. The van der Waals surface area contributed by atoms with Gasteiger partial charge in [-0.25, -0.2) is 8.78 Å². The molecule has 0 saturated carbocycles. The van der Waals surface area contributed by atoms with Crippen LogP contribution in [-0.4, -0.2) is 6.54 Å². The van der Waals surface area contributed by atoms with Crippen molar-refractivity contribution in [3.8, 4) is 0 Å². The molecule has 1 nitrogen and oxygen atoms in total. The molecule has 100 valence electrons. The second-order valence-electron chi connectivity index (χ2n) is 5.13. The molecule has 0 saturated heterocycles. The summed E-state index contributed by atoms with van der Waals surface area (Å²) in [7, 11) is 0. The smallest absolute Gasteiger partial charge is 0.131 e. The zero-order chi connectivity index (χ0) is 13.1. The molecular weight excluding hydrogens is 232 g/mol. The Morgan fingerprint density at radius 1 is 1.33 bits per heavy atom. The first-order valence-corrected chi connectivity index (χ1v) is 6.86. The van der Waals surface area contributed by atoms with E-state index in [1.807, 2.05) is 0 Å². The molecule has 1 aromatic carbocycles. The zero-order valence-electron chi connectivity index (χ0n) is 11.2. The minimum absolute atomic E-state index is 0.0307. The predicted molar refractivity (Wildman–Crippen MR) is 69.7 cm³/mol. The van der Waals surface area contributed by atoms with Crippen molar-refractivity contribution in [2.45, 2.75) is 52.0 Å². The van der Waals surface area contributed by atoms with E-state index in [0.29, 0.717) is 23.1 Å². The van der Waals surface area contributed by atoms with Gasteiger partial charge in [-0.15, -0.1) is 0 Å². The highest BCUT2D eigenvalue weighted by atomic mass is 19.1. The van der Waals surface area contributed by atoms with Crippen LogP contribution in [0.3, 0.4) is 0 Å². The second-order valence-corrected chi connectivity index (χ2v) is 5.13. The molecule has 3 heteroatoms. The lowest BCUT2D eigenvalue weighted by molar-refractivity contribution is 0.463. The molecule has 1 N–H and O–H groups in total. The molecule has 0 fully saturated rings. The van der Waals surface area contributed by atoms with Crippen LogP contribution in [-0.2, 0) is 6.42 Å². The fraction of sp³-hybridized carbons (Fsp3) is 0.600. The third-order valence-electron chi connectivity index (χ3n) is 3.70. The molecule has 0 amide bonds. The van der Waals surface area contributed by atoms with Crippen LogP contribution in [0.2, 0.25) is 0 Å². The Morgan fingerprint density at radius 3 is 2.83 bits per heavy atom. The van der Waals surface area contributed by atoms with Gasteiger partial charge in [-0.1, -0.05) is 13.3 Å². The molecule has 18 heavy (non-hydrogen) atoms. The molecular formula is C15H21F2N. The number of fused-ring (bicyclic) bond motifs is 1. The van der Waals surface area contributed by atoms with Crippen molar-refractivity contribution < 1.29 is 8.78 Å². The van der Waals surface area contributed by atoms with E-state index in [4.69, 9.17) is 0 Å². The van der Waals surface area contributed by atoms with E-state index in [2.05, 4.69) is 12.2 Å². The first-order chi connectivity index (χ1) is 8.65. The average Bonchev–Trinajstić information content (AvgIpc) is 2.56. The van der Waals surface area contributed by atoms with Gasteiger partial charge in [0.15, 0.2) is 0 Å². The van der Waals surface area contributed by atoms with E-state index < -0.39 is 0 Å². The predicted octanol–water partition coefficient (Wildman–Crippen LogP) is 4.04. The summed E-state index contributed by atoms with van der Waals surface area (Å²) in [4.78, 5) is 0. The van der Waals surface area contributed by atoms with Gasteiger partial charge in [0.2, 0.25) is 0 Å². The maximum Gasteiger partial charge on any atom is 0.131 e. The number of benzene rings is 1. The Balaban J connectivity index is 2.44. The highest BCUT2D eigenvalue weighted by Crippen LogP contribution is 2.33. The number of hydrogen-bond donors (Lipinski definition) is 1. The summed E-state index contributed by atoms with van der Waals surface area (Å²) in [5, 5.41) is 3.36. The van der Waals surface area contributed by atoms with Gasteiger partial charge in [0, 0.05) is 11.6 Å². The van der Waals surface area contributed by atoms with Gasteiger partial charge in [0.05, 0.1) is 0 Å². The minimum atomic E-state index is -0.242. The molecule has 1 aromatic rings. The maximum atomic E-state index is 14.3. The van der Waals surface area contributed by atoms with Crippen molar-refractivity contribution >= 4 is 0 Å². The summed E-state index contributed by atoms with van der Waals surface area (Å²) in [6.45, 7) is 4.57. The van der Waals surface area contributed by atoms with Crippen LogP contribution >= 0.6 is 0 Å². The Kier molecular flexibility index (Phi) is 4.33. The number of rotatable bonds is 3. The Morgan fingerprint density at radius 2 is 2.11 bits per heavy atom. The first kappa shape index (κ1) is 13.5. The van der Waals surface area contributed by atoms with Crippen molar-refractivity contribution in [1.82, 2.24) is 5.32 Å². The van der Waals surface area contributed by atoms with E-state index in [1.54, 1.807) is 6.92 Å². The minimum Gasteiger partial charge on any atom is -0.310 e. The molecule has 1 atom stereocenters. The number of hydrogen-bond acceptors (Lipinski definition) is 1. The normalized spacial score (nSPS) is 19.4. The van der Waals surface area contributed by atoms with Crippen molar-refractivity contribution in [2.24, 2.45) is 0 Å². The fourth-order valence-corrected chi connectivity index (χ4v) is 2.75. The summed E-state index contributed by atoms with van der Waals surface area (Å²) in [6, 6.07) is 1.30. The highest BCUT2D eigenvalue weighted by Gasteiger charge is 2.25. The number of nitrogens with one attached hydrogen (secondary N) is 1. The van der Waals surface area contributed by atoms with Crippen LogP contribution < -0.4 is 5.32 Å². The summed E-state index contributed by atoms with van der Waals surface area (Å²) < 4.78 is 28.3. The Labute approximate surface area is 108 Å². The van der Waals surface area contributed by atoms with Crippen molar-refractivity contribution in [1.29, 1.82) is 0 Å². The fourth-order valence-electron chi connectivity index (χ4n) is 2.75. The van der Waals surface area contributed by atoms with Gasteiger partial charge in [0.1, 0.15) is 11.6 Å². The van der Waals surface area contributed by atoms with Crippen molar-refractivity contribution in [3.63, 3.8) is 0 Å². The molecule has 0 bridgehead atoms. The molecule has 0 aliphatic heterocycles. The van der Waals surface area contributed by atoms with Crippen LogP contribution in [0.25, 0.3) is 0 Å². The largest absolute Gasteiger partial charge is 0.310 e. The number of halogens is 2. The monoisotopic (exact) mass is 253 g/mol. The summed E-state index contributed by atoms with van der Waals surface area (Å²) in [6.07, 6.45) is 4.52. The molecule has 1 unspecified atom stereocenters. The van der Waals surface area contributed by atoms with Gasteiger partial charge in [-0.3, -0.25) is 0 Å². The summed E-state index contributed by atoms with van der Waals surface area (Å²) in [5.41, 5.74) is 1.58. The van der Waals surface area contributed by atoms with E-state index in [9.17, 15) is 8.78 Å². The van der Waals surface area contributed by atoms with E-state index in [0.717, 1.165) is 32.2 Å². The van der Waals surface area contributed by atoms with Crippen LogP contribution in [0.4, 0.5) is 8.78 Å². The molecule has 0 radical (unpaired) electrons. The summed E-state index contributed by atoms with van der Waals surface area (Å²) >= 11 is 0. The van der Waals surface area contributed by atoms with E-state index >= 15 is 0 Å². The number of aryl methyl sites for hydroxylation is 1. The van der Waals surface area contributed by atoms with Crippen LogP contribution in [0, 0.1) is 18.6 Å². The second kappa shape index (κ2) is 5.79. The average molecular weight is 253 g/mol. The molecule has 1 aliphatic carbocycles. The van der Waals surface area contributed by atoms with Crippen LogP contribution in [0.5, 0.6) is 0 Å². The van der Waals surface area contributed by atoms with Gasteiger partial charge in [0.25, 0.3) is 0 Å². The highest BCUT2D eigenvalue weighted by molar-refractivity contribution is 5.38. The standard InChI is InChI=1S/C15H21F2N/c1-3-8-18-13-7-5-4-6-11-12(16)9-10(2)15(17)14(11)13/h9,13,18H,3-8H2,1-2H3. The molecule has 1 aliphatic rings. The first-order valence-electron chi connectivity index (χ1n) is 6.86. The van der Waals surface area contributed by atoms with Gasteiger partial charge >= 0.3 is 0 Å². The van der Waals surface area contributed by atoms with Crippen LogP contribution in [0.1, 0.15) is 55.3 Å². The molecule has 0 spiro atoms. The van der Waals surface area contributed by atoms with Crippen molar-refractivity contribution in [2.75, 3.05) is 6.54 Å². The lowest BCUT2D eigenvalue weighted by atomic mass is 9.95. The molecule has 0 aromatic heterocycles. The maximum absolute atomic E-state index is 14.3. The van der Waals surface area contributed by atoms with Crippen LogP contribution in [0.15, 0.2) is 6.07 Å². The lowest BCUT2D eigenvalue weighted by Gasteiger charge is -2.21. The van der Waals surface area contributed by atoms with Gasteiger partial charge in [-0.2, -0.15) is 0 Å². The van der Waals surface area contributed by atoms with E-state index in [1.165, 1.54) is 6.07 Å². The van der Waals surface area contributed by atoms with E-state index in [-0.39, 0.29) is 17.7 Å². The molecule has 2 rings (SSSR count). The molecule has 0 heterocycles. The van der Waals surface area contributed by atoms with Gasteiger partial charge < -0.3 is 5.32 Å². The Bertz CT molecular complexity index is 429. The third-order valence-corrected chi connectivity index (χ3v) is 3.70. The zero-order valence-corrected chi connectivity index (χ0v) is 11.2. The van der Waals surface area contributed by atoms with Gasteiger partial charge in [-0.05, 0) is 56.3 Å². The lowest BCUT2D eigenvalue weighted by Crippen LogP contribution is -2.24. The quantitative estimate of drug-likeness (QED) is 0.802. The Hall–Kier alpha value is -0.960. The third kappa shape index (κ3) is 2.56. The topological polar surface area (TPSA) is 12.0 Å².